The summed E-state index contributed by atoms with van der Waals surface area (Å²) in [6.07, 6.45) is 4.93. The maximum absolute atomic E-state index is 11.8. The van der Waals surface area contributed by atoms with Crippen molar-refractivity contribution < 1.29 is 9.32 Å². The van der Waals surface area contributed by atoms with Gasteiger partial charge in [-0.1, -0.05) is 37.1 Å². The summed E-state index contributed by atoms with van der Waals surface area (Å²) in [6, 6.07) is -0.408. The molecule has 0 saturated carbocycles. The summed E-state index contributed by atoms with van der Waals surface area (Å²) < 4.78 is 5.94. The normalized spacial score (nSPS) is 11.2. The monoisotopic (exact) mass is 280 g/mol. The number of carbonyl (C=O) groups is 1. The number of carbonyl (C=O) groups excluding carboxylic acids is 1. The van der Waals surface area contributed by atoms with E-state index in [9.17, 15) is 9.59 Å². The lowest BCUT2D eigenvalue weighted by molar-refractivity contribution is 0.181. The van der Waals surface area contributed by atoms with Crippen molar-refractivity contribution >= 4 is 17.8 Å². The molecule has 1 rings (SSSR count). The molecule has 102 valence electrons. The summed E-state index contributed by atoms with van der Waals surface area (Å²) in [4.78, 5) is 26.0. The molecule has 1 amide bonds. The third-order valence-corrected chi connectivity index (χ3v) is 3.46. The van der Waals surface area contributed by atoms with Gasteiger partial charge in [-0.3, -0.25) is 0 Å². The SMILES string of the molecule is C=C/C=C(\C=C)Sc1c(C)n(C(=O)N(C)C)oc1=O. The molecule has 0 aromatic carbocycles. The van der Waals surface area contributed by atoms with Crippen molar-refractivity contribution in [2.24, 2.45) is 0 Å². The van der Waals surface area contributed by atoms with Gasteiger partial charge < -0.3 is 9.42 Å². The van der Waals surface area contributed by atoms with E-state index in [2.05, 4.69) is 13.2 Å². The van der Waals surface area contributed by atoms with E-state index >= 15 is 0 Å². The molecule has 6 heteroatoms. The van der Waals surface area contributed by atoms with Crippen LogP contribution < -0.4 is 5.63 Å². The number of aromatic nitrogens is 1. The molecule has 0 aliphatic heterocycles. The predicted octanol–water partition coefficient (Wildman–Crippen LogP) is 2.63. The zero-order valence-electron chi connectivity index (χ0n) is 11.2. The van der Waals surface area contributed by atoms with Crippen molar-refractivity contribution in [1.82, 2.24) is 9.64 Å². The highest BCUT2D eigenvalue weighted by atomic mass is 32.2. The Morgan fingerprint density at radius 3 is 2.53 bits per heavy atom. The number of thioether (sulfide) groups is 1. The van der Waals surface area contributed by atoms with E-state index in [1.165, 1.54) is 16.7 Å². The highest BCUT2D eigenvalue weighted by Gasteiger charge is 2.20. The Morgan fingerprint density at radius 2 is 2.05 bits per heavy atom. The summed E-state index contributed by atoms with van der Waals surface area (Å²) in [5, 5.41) is 0. The quantitative estimate of drug-likeness (QED) is 0.628. The molecule has 0 atom stereocenters. The van der Waals surface area contributed by atoms with Gasteiger partial charge in [0.15, 0.2) is 0 Å². The van der Waals surface area contributed by atoms with Crippen LogP contribution in [0.5, 0.6) is 0 Å². The van der Waals surface area contributed by atoms with E-state index in [-0.39, 0.29) is 0 Å². The fourth-order valence-corrected chi connectivity index (χ4v) is 2.12. The van der Waals surface area contributed by atoms with Crippen molar-refractivity contribution in [3.05, 3.63) is 52.4 Å². The first-order valence-electron chi connectivity index (χ1n) is 5.50. The molecule has 0 saturated heterocycles. The molecule has 5 nitrogen and oxygen atoms in total. The Bertz CT molecular complexity index is 594. The maximum atomic E-state index is 11.8. The van der Waals surface area contributed by atoms with Crippen LogP contribution in [0.4, 0.5) is 4.79 Å². The summed E-state index contributed by atoms with van der Waals surface area (Å²) in [5.41, 5.74) is -0.0833. The summed E-state index contributed by atoms with van der Waals surface area (Å²) in [6.45, 7) is 8.90. The lowest BCUT2D eigenvalue weighted by Crippen LogP contribution is -2.27. The summed E-state index contributed by atoms with van der Waals surface area (Å²) in [7, 11) is 3.17. The van der Waals surface area contributed by atoms with Gasteiger partial charge in [0.2, 0.25) is 0 Å². The Balaban J connectivity index is 3.21. The van der Waals surface area contributed by atoms with E-state index in [0.29, 0.717) is 10.6 Å². The molecule has 0 spiro atoms. The second-order valence-corrected chi connectivity index (χ2v) is 4.96. The van der Waals surface area contributed by atoms with Crippen LogP contribution in [0.15, 0.2) is 50.5 Å². The van der Waals surface area contributed by atoms with Crippen LogP contribution in [0.1, 0.15) is 5.69 Å². The zero-order valence-corrected chi connectivity index (χ0v) is 12.0. The molecule has 0 bridgehead atoms. The molecule has 1 aromatic heterocycles. The van der Waals surface area contributed by atoms with Gasteiger partial charge in [0.05, 0.1) is 5.69 Å². The van der Waals surface area contributed by atoms with Gasteiger partial charge in [-0.15, -0.1) is 4.74 Å². The molecule has 0 unspecified atom stereocenters. The smallest absolute Gasteiger partial charge is 0.328 e. The molecule has 0 fully saturated rings. The summed E-state index contributed by atoms with van der Waals surface area (Å²) >= 11 is 1.19. The van der Waals surface area contributed by atoms with E-state index in [0.717, 1.165) is 9.64 Å². The molecule has 1 heterocycles. The van der Waals surface area contributed by atoms with E-state index in [4.69, 9.17) is 4.52 Å². The fraction of sp³-hybridized carbons (Fsp3) is 0.231. The average molecular weight is 280 g/mol. The first-order chi connectivity index (χ1) is 8.92. The molecule has 0 aliphatic carbocycles. The summed E-state index contributed by atoms with van der Waals surface area (Å²) in [5.74, 6) is 0. The Morgan fingerprint density at radius 1 is 1.42 bits per heavy atom. The van der Waals surface area contributed by atoms with Gasteiger partial charge >= 0.3 is 11.7 Å². The number of allylic oxidation sites excluding steroid dienone is 3. The fourth-order valence-electron chi connectivity index (χ4n) is 1.29. The minimum Gasteiger partial charge on any atom is -0.328 e. The van der Waals surface area contributed by atoms with Gasteiger partial charge in [0.1, 0.15) is 4.90 Å². The number of amides is 1. The minimum atomic E-state index is -0.547. The van der Waals surface area contributed by atoms with Crippen LogP contribution in [0, 0.1) is 6.92 Å². The largest absolute Gasteiger partial charge is 0.372 e. The second-order valence-electron chi connectivity index (χ2n) is 3.88. The molecule has 0 N–H and O–H groups in total. The number of hydrogen-bond donors (Lipinski definition) is 0. The van der Waals surface area contributed by atoms with Crippen molar-refractivity contribution in [3.63, 3.8) is 0 Å². The van der Waals surface area contributed by atoms with Gasteiger partial charge in [-0.25, -0.2) is 9.59 Å². The lowest BCUT2D eigenvalue weighted by Gasteiger charge is -2.09. The van der Waals surface area contributed by atoms with Crippen molar-refractivity contribution in [2.45, 2.75) is 11.8 Å². The molecule has 19 heavy (non-hydrogen) atoms. The van der Waals surface area contributed by atoms with Crippen molar-refractivity contribution in [2.75, 3.05) is 14.1 Å². The van der Waals surface area contributed by atoms with E-state index in [1.54, 1.807) is 39.2 Å². The van der Waals surface area contributed by atoms with Crippen LogP contribution >= 0.6 is 11.8 Å². The van der Waals surface area contributed by atoms with Crippen LogP contribution in [-0.2, 0) is 0 Å². The van der Waals surface area contributed by atoms with Crippen LogP contribution in [0.2, 0.25) is 0 Å². The first kappa shape index (κ1) is 15.1. The lowest BCUT2D eigenvalue weighted by atomic mass is 10.5. The van der Waals surface area contributed by atoms with Gasteiger partial charge in [0.25, 0.3) is 0 Å². The van der Waals surface area contributed by atoms with Crippen molar-refractivity contribution in [3.8, 4) is 0 Å². The Kier molecular flexibility index (Phi) is 5.00. The number of rotatable bonds is 4. The first-order valence-corrected chi connectivity index (χ1v) is 6.31. The molecule has 0 radical (unpaired) electrons. The predicted molar refractivity (Wildman–Crippen MR) is 76.5 cm³/mol. The highest BCUT2D eigenvalue weighted by Crippen LogP contribution is 2.27. The standard InChI is InChI=1S/C13H16N2O3S/c1-6-8-10(7-2)19-11-9(3)15(18-12(11)16)13(17)14(4)5/h6-8H,1-2H2,3-5H3/b10-8+. The second kappa shape index (κ2) is 6.29. The third kappa shape index (κ3) is 3.29. The van der Waals surface area contributed by atoms with Gasteiger partial charge in [0, 0.05) is 19.0 Å². The van der Waals surface area contributed by atoms with E-state index in [1.807, 2.05) is 0 Å². The van der Waals surface area contributed by atoms with E-state index < -0.39 is 11.7 Å². The maximum Gasteiger partial charge on any atom is 0.372 e. The van der Waals surface area contributed by atoms with Crippen LogP contribution in [0.3, 0.4) is 0 Å². The molecular weight excluding hydrogens is 264 g/mol. The Hall–Kier alpha value is -1.95. The average Bonchev–Trinajstić information content (AvgIpc) is 2.64. The minimum absolute atomic E-state index is 0.364. The number of hydrogen-bond acceptors (Lipinski definition) is 4. The van der Waals surface area contributed by atoms with Crippen molar-refractivity contribution in [1.29, 1.82) is 0 Å². The zero-order chi connectivity index (χ0) is 14.6. The highest BCUT2D eigenvalue weighted by molar-refractivity contribution is 8.03. The van der Waals surface area contributed by atoms with Crippen LogP contribution in [-0.4, -0.2) is 29.8 Å². The van der Waals surface area contributed by atoms with Gasteiger partial charge in [-0.2, -0.15) is 0 Å². The topological polar surface area (TPSA) is 55.5 Å². The number of nitrogens with zero attached hydrogens (tertiary/aromatic N) is 2. The Labute approximate surface area is 115 Å². The van der Waals surface area contributed by atoms with Gasteiger partial charge in [-0.05, 0) is 13.0 Å². The molecule has 1 aromatic rings. The van der Waals surface area contributed by atoms with Crippen LogP contribution in [0.25, 0.3) is 0 Å². The third-order valence-electron chi connectivity index (χ3n) is 2.25. The molecular formula is C13H16N2O3S. The molecule has 0 aliphatic rings.